The van der Waals surface area contributed by atoms with Gasteiger partial charge in [0.15, 0.2) is 0 Å². The zero-order valence-corrected chi connectivity index (χ0v) is 12.9. The van der Waals surface area contributed by atoms with Crippen molar-refractivity contribution in [3.8, 4) is 17.6 Å². The van der Waals surface area contributed by atoms with Crippen molar-refractivity contribution in [1.82, 2.24) is 15.3 Å². The molecule has 0 saturated heterocycles. The number of rotatable bonds is 6. The molecule has 0 saturated carbocycles. The molecular formula is C16H21N3O2. The third-order valence-electron chi connectivity index (χ3n) is 2.66. The van der Waals surface area contributed by atoms with Crippen LogP contribution in [-0.4, -0.2) is 23.1 Å². The Morgan fingerprint density at radius 1 is 1.19 bits per heavy atom. The van der Waals surface area contributed by atoms with E-state index in [1.165, 1.54) is 0 Å². The average Bonchev–Trinajstić information content (AvgIpc) is 2.37. The molecule has 2 rings (SSSR count). The van der Waals surface area contributed by atoms with Crippen LogP contribution in [0.1, 0.15) is 25.1 Å². The van der Waals surface area contributed by atoms with Gasteiger partial charge in [0, 0.05) is 18.3 Å². The van der Waals surface area contributed by atoms with Crippen LogP contribution in [0, 0.1) is 6.92 Å². The standard InChI is InChI=1S/C16H21N3O2/c1-11(2)20-15-8-12(3)18-16(19-15)21-14-7-5-6-13(9-14)10-17-4/h5-9,11,17H,10H2,1-4H3. The Kier molecular flexibility index (Phi) is 5.11. The van der Waals surface area contributed by atoms with Crippen molar-refractivity contribution in [3.05, 3.63) is 41.6 Å². The Labute approximate surface area is 125 Å². The van der Waals surface area contributed by atoms with E-state index in [-0.39, 0.29) is 6.10 Å². The fourth-order valence-corrected chi connectivity index (χ4v) is 1.89. The van der Waals surface area contributed by atoms with Crippen LogP contribution in [0.25, 0.3) is 0 Å². The number of aryl methyl sites for hydroxylation is 1. The van der Waals surface area contributed by atoms with E-state index >= 15 is 0 Å². The van der Waals surface area contributed by atoms with E-state index in [0.717, 1.165) is 17.8 Å². The Bertz CT molecular complexity index is 600. The summed E-state index contributed by atoms with van der Waals surface area (Å²) in [6.07, 6.45) is 0.0612. The van der Waals surface area contributed by atoms with Gasteiger partial charge in [-0.2, -0.15) is 9.97 Å². The van der Waals surface area contributed by atoms with E-state index in [1.54, 1.807) is 6.07 Å². The van der Waals surface area contributed by atoms with Gasteiger partial charge in [-0.3, -0.25) is 0 Å². The third kappa shape index (κ3) is 4.72. The van der Waals surface area contributed by atoms with Crippen LogP contribution in [0.2, 0.25) is 0 Å². The normalized spacial score (nSPS) is 10.7. The highest BCUT2D eigenvalue weighted by atomic mass is 16.5. The van der Waals surface area contributed by atoms with Crippen molar-refractivity contribution in [2.24, 2.45) is 0 Å². The lowest BCUT2D eigenvalue weighted by atomic mass is 10.2. The maximum absolute atomic E-state index is 5.74. The molecule has 0 amide bonds. The van der Waals surface area contributed by atoms with E-state index in [1.807, 2.05) is 52.1 Å². The van der Waals surface area contributed by atoms with Crippen molar-refractivity contribution in [2.45, 2.75) is 33.4 Å². The van der Waals surface area contributed by atoms with Gasteiger partial charge in [0.1, 0.15) is 5.75 Å². The topological polar surface area (TPSA) is 56.3 Å². The Hall–Kier alpha value is -2.14. The van der Waals surface area contributed by atoms with Crippen LogP contribution >= 0.6 is 0 Å². The maximum Gasteiger partial charge on any atom is 0.325 e. The molecule has 1 aromatic heterocycles. The minimum absolute atomic E-state index is 0.0612. The number of nitrogens with one attached hydrogen (secondary N) is 1. The monoisotopic (exact) mass is 287 g/mol. The third-order valence-corrected chi connectivity index (χ3v) is 2.66. The fourth-order valence-electron chi connectivity index (χ4n) is 1.89. The van der Waals surface area contributed by atoms with Gasteiger partial charge in [-0.05, 0) is 45.5 Å². The second-order valence-electron chi connectivity index (χ2n) is 5.08. The smallest absolute Gasteiger partial charge is 0.325 e. The van der Waals surface area contributed by atoms with E-state index in [0.29, 0.717) is 17.6 Å². The highest BCUT2D eigenvalue weighted by Crippen LogP contribution is 2.22. The molecule has 0 aliphatic carbocycles. The van der Waals surface area contributed by atoms with Crippen molar-refractivity contribution in [2.75, 3.05) is 7.05 Å². The molecule has 0 aliphatic rings. The number of nitrogens with zero attached hydrogens (tertiary/aromatic N) is 2. The molecular weight excluding hydrogens is 266 g/mol. The molecule has 1 aromatic carbocycles. The first kappa shape index (κ1) is 15.3. The average molecular weight is 287 g/mol. The van der Waals surface area contributed by atoms with Crippen LogP contribution < -0.4 is 14.8 Å². The molecule has 1 heterocycles. The minimum Gasteiger partial charge on any atom is -0.475 e. The Morgan fingerprint density at radius 2 is 2.00 bits per heavy atom. The van der Waals surface area contributed by atoms with Crippen LogP contribution in [-0.2, 0) is 6.54 Å². The molecule has 0 bridgehead atoms. The van der Waals surface area contributed by atoms with Gasteiger partial charge in [0.2, 0.25) is 5.88 Å². The zero-order valence-electron chi connectivity index (χ0n) is 12.9. The summed E-state index contributed by atoms with van der Waals surface area (Å²) in [4.78, 5) is 8.56. The summed E-state index contributed by atoms with van der Waals surface area (Å²) in [5.41, 5.74) is 1.95. The van der Waals surface area contributed by atoms with Crippen molar-refractivity contribution in [3.63, 3.8) is 0 Å². The van der Waals surface area contributed by atoms with Crippen LogP contribution in [0.4, 0.5) is 0 Å². The molecule has 0 spiro atoms. The molecule has 1 N–H and O–H groups in total. The predicted octanol–water partition coefficient (Wildman–Crippen LogP) is 3.08. The van der Waals surface area contributed by atoms with Crippen LogP contribution in [0.5, 0.6) is 17.6 Å². The molecule has 2 aromatic rings. The molecule has 0 fully saturated rings. The van der Waals surface area contributed by atoms with Gasteiger partial charge in [-0.25, -0.2) is 0 Å². The molecule has 0 aliphatic heterocycles. The largest absolute Gasteiger partial charge is 0.475 e. The molecule has 0 unspecified atom stereocenters. The molecule has 5 nitrogen and oxygen atoms in total. The van der Waals surface area contributed by atoms with Gasteiger partial charge in [-0.1, -0.05) is 12.1 Å². The van der Waals surface area contributed by atoms with Gasteiger partial charge in [0.05, 0.1) is 6.10 Å². The first-order chi connectivity index (χ1) is 10.1. The predicted molar refractivity (Wildman–Crippen MR) is 81.8 cm³/mol. The Morgan fingerprint density at radius 3 is 2.71 bits per heavy atom. The summed E-state index contributed by atoms with van der Waals surface area (Å²) in [6, 6.07) is 9.92. The lowest BCUT2D eigenvalue weighted by Gasteiger charge is -2.11. The number of aromatic nitrogens is 2. The quantitative estimate of drug-likeness (QED) is 0.884. The zero-order chi connectivity index (χ0) is 15.2. The lowest BCUT2D eigenvalue weighted by molar-refractivity contribution is 0.229. The molecule has 0 atom stereocenters. The lowest BCUT2D eigenvalue weighted by Crippen LogP contribution is -2.08. The van der Waals surface area contributed by atoms with Crippen LogP contribution in [0.3, 0.4) is 0 Å². The van der Waals surface area contributed by atoms with Crippen molar-refractivity contribution in [1.29, 1.82) is 0 Å². The van der Waals surface area contributed by atoms with Gasteiger partial charge >= 0.3 is 6.01 Å². The molecule has 21 heavy (non-hydrogen) atoms. The van der Waals surface area contributed by atoms with E-state index < -0.39 is 0 Å². The van der Waals surface area contributed by atoms with Crippen molar-refractivity contribution < 1.29 is 9.47 Å². The Balaban J connectivity index is 2.18. The fraction of sp³-hybridized carbons (Fsp3) is 0.375. The summed E-state index contributed by atoms with van der Waals surface area (Å²) < 4.78 is 11.3. The molecule has 5 heteroatoms. The summed E-state index contributed by atoms with van der Waals surface area (Å²) >= 11 is 0. The first-order valence-corrected chi connectivity index (χ1v) is 7.00. The second kappa shape index (κ2) is 7.04. The summed E-state index contributed by atoms with van der Waals surface area (Å²) in [7, 11) is 1.91. The van der Waals surface area contributed by atoms with E-state index in [4.69, 9.17) is 9.47 Å². The number of benzene rings is 1. The summed E-state index contributed by atoms with van der Waals surface area (Å²) in [5.74, 6) is 1.24. The first-order valence-electron chi connectivity index (χ1n) is 7.00. The highest BCUT2D eigenvalue weighted by Gasteiger charge is 2.07. The second-order valence-corrected chi connectivity index (χ2v) is 5.08. The maximum atomic E-state index is 5.74. The van der Waals surface area contributed by atoms with Crippen molar-refractivity contribution >= 4 is 0 Å². The molecule has 112 valence electrons. The number of ether oxygens (including phenoxy) is 2. The number of hydrogen-bond acceptors (Lipinski definition) is 5. The summed E-state index contributed by atoms with van der Waals surface area (Å²) in [5, 5.41) is 3.11. The van der Waals surface area contributed by atoms with Gasteiger partial charge in [0.25, 0.3) is 0 Å². The summed E-state index contributed by atoms with van der Waals surface area (Å²) in [6.45, 7) is 6.59. The van der Waals surface area contributed by atoms with E-state index in [9.17, 15) is 0 Å². The molecule has 0 radical (unpaired) electrons. The van der Waals surface area contributed by atoms with Gasteiger partial charge in [-0.15, -0.1) is 0 Å². The SMILES string of the molecule is CNCc1cccc(Oc2nc(C)cc(OC(C)C)n2)c1. The van der Waals surface area contributed by atoms with E-state index in [2.05, 4.69) is 15.3 Å². The van der Waals surface area contributed by atoms with Gasteiger partial charge < -0.3 is 14.8 Å². The minimum atomic E-state index is 0.0612. The van der Waals surface area contributed by atoms with Crippen LogP contribution in [0.15, 0.2) is 30.3 Å². The highest BCUT2D eigenvalue weighted by molar-refractivity contribution is 5.31. The number of hydrogen-bond donors (Lipinski definition) is 1.